The maximum Gasteiger partial charge on any atom is 0.181 e. The number of Topliss-reactive ketones (excluding diaryl/α,β-unsaturated/α-hetero) is 1. The number of thioether (sulfide) groups is 1. The van der Waals surface area contributed by atoms with Crippen LogP contribution in [0.2, 0.25) is 0 Å². The first-order valence-corrected chi connectivity index (χ1v) is 7.37. The summed E-state index contributed by atoms with van der Waals surface area (Å²) in [6.07, 6.45) is 2.56. The molecule has 0 aromatic carbocycles. The number of hydrogen-bond acceptors (Lipinski definition) is 4. The molecule has 0 fully saturated rings. The molecule has 16 heavy (non-hydrogen) atoms. The van der Waals surface area contributed by atoms with Crippen molar-refractivity contribution in [2.24, 2.45) is 5.92 Å². The van der Waals surface area contributed by atoms with E-state index >= 15 is 0 Å². The van der Waals surface area contributed by atoms with E-state index in [-0.39, 0.29) is 11.7 Å². The van der Waals surface area contributed by atoms with E-state index in [0.29, 0.717) is 6.42 Å². The number of thiocarbonyl (C=S) groups is 1. The molecule has 0 aliphatic carbocycles. The molecule has 0 aliphatic rings. The highest BCUT2D eigenvalue weighted by Gasteiger charge is 2.24. The molecule has 0 saturated heterocycles. The van der Waals surface area contributed by atoms with Crippen LogP contribution in [0, 0.1) is 5.92 Å². The molecule has 0 radical (unpaired) electrons. The summed E-state index contributed by atoms with van der Waals surface area (Å²) in [5.41, 5.74) is 0.992. The van der Waals surface area contributed by atoms with E-state index in [0.717, 1.165) is 14.6 Å². The van der Waals surface area contributed by atoms with Gasteiger partial charge in [-0.05, 0) is 31.0 Å². The lowest BCUT2D eigenvalue weighted by Crippen LogP contribution is -2.20. The molecule has 4 heteroatoms. The topological polar surface area (TPSA) is 17.1 Å². The second kappa shape index (κ2) is 6.33. The number of rotatable bonds is 5. The van der Waals surface area contributed by atoms with E-state index in [1.165, 1.54) is 23.1 Å². The quantitative estimate of drug-likeness (QED) is 0.453. The maximum atomic E-state index is 12.2. The molecule has 0 amide bonds. The van der Waals surface area contributed by atoms with E-state index in [1.807, 2.05) is 30.7 Å². The van der Waals surface area contributed by atoms with Crippen molar-refractivity contribution < 1.29 is 4.79 Å². The van der Waals surface area contributed by atoms with E-state index in [4.69, 9.17) is 12.2 Å². The number of carbonyl (C=O) groups is 1. The van der Waals surface area contributed by atoms with Gasteiger partial charge in [0.1, 0.15) is 0 Å². The Hall–Kier alpha value is -0.450. The molecule has 0 bridgehead atoms. The molecule has 1 aromatic rings. The van der Waals surface area contributed by atoms with Gasteiger partial charge in [0.15, 0.2) is 5.78 Å². The van der Waals surface area contributed by atoms with Crippen LogP contribution in [0.15, 0.2) is 29.7 Å². The van der Waals surface area contributed by atoms with Gasteiger partial charge in [0.05, 0.1) is 15.0 Å². The average Bonchev–Trinajstić information content (AvgIpc) is 2.77. The van der Waals surface area contributed by atoms with Crippen LogP contribution in [0.1, 0.15) is 23.0 Å². The summed E-state index contributed by atoms with van der Waals surface area (Å²) in [6, 6.07) is 3.74. The summed E-state index contributed by atoms with van der Waals surface area (Å²) in [7, 11) is 0. The third-order valence-corrected chi connectivity index (χ3v) is 4.47. The van der Waals surface area contributed by atoms with Crippen LogP contribution >= 0.6 is 35.3 Å². The standard InChI is InChI=1S/C12H14OS3/c1-8(2)7-9(12(14)15-3)11(13)10-5-4-6-16-10/h4-6,9H,1,7H2,2-3H3. The normalized spacial score (nSPS) is 12.1. The van der Waals surface area contributed by atoms with Crippen LogP contribution in [0.5, 0.6) is 0 Å². The summed E-state index contributed by atoms with van der Waals surface area (Å²) in [6.45, 7) is 5.79. The summed E-state index contributed by atoms with van der Waals surface area (Å²) in [5, 5.41) is 1.91. The molecule has 1 rings (SSSR count). The van der Waals surface area contributed by atoms with E-state index in [9.17, 15) is 4.79 Å². The minimum absolute atomic E-state index is 0.123. The lowest BCUT2D eigenvalue weighted by atomic mass is 9.97. The lowest BCUT2D eigenvalue weighted by Gasteiger charge is -2.14. The molecule has 0 saturated carbocycles. The molecule has 1 nitrogen and oxygen atoms in total. The van der Waals surface area contributed by atoms with Crippen molar-refractivity contribution in [3.8, 4) is 0 Å². The van der Waals surface area contributed by atoms with Gasteiger partial charge in [-0.3, -0.25) is 4.79 Å². The fourth-order valence-corrected chi connectivity index (χ4v) is 2.75. The monoisotopic (exact) mass is 270 g/mol. The molecular formula is C12H14OS3. The summed E-state index contributed by atoms with van der Waals surface area (Å²) in [4.78, 5) is 13.0. The molecule has 1 aromatic heterocycles. The SMILES string of the molecule is C=C(C)CC(C(=O)c1cccs1)C(=S)SC. The Bertz CT molecular complexity index is 392. The Labute approximate surface area is 110 Å². The molecule has 1 unspecified atom stereocenters. The first kappa shape index (κ1) is 13.6. The van der Waals surface area contributed by atoms with Gasteiger partial charge in [0.2, 0.25) is 0 Å². The molecule has 1 heterocycles. The molecule has 0 aliphatic heterocycles. The van der Waals surface area contributed by atoms with Gasteiger partial charge < -0.3 is 0 Å². The molecule has 1 atom stereocenters. The van der Waals surface area contributed by atoms with Crippen LogP contribution in [0.3, 0.4) is 0 Å². The lowest BCUT2D eigenvalue weighted by molar-refractivity contribution is 0.0960. The Morgan fingerprint density at radius 1 is 1.69 bits per heavy atom. The predicted molar refractivity (Wildman–Crippen MR) is 77.7 cm³/mol. The zero-order chi connectivity index (χ0) is 12.1. The van der Waals surface area contributed by atoms with E-state index in [2.05, 4.69) is 6.58 Å². The zero-order valence-corrected chi connectivity index (χ0v) is 11.8. The van der Waals surface area contributed by atoms with Crippen molar-refractivity contribution in [3.05, 3.63) is 34.5 Å². The molecule has 86 valence electrons. The first-order valence-electron chi connectivity index (χ1n) is 4.86. The molecule has 0 N–H and O–H groups in total. The second-order valence-corrected chi connectivity index (χ2v) is 6.07. The average molecular weight is 270 g/mol. The van der Waals surface area contributed by atoms with Crippen molar-refractivity contribution >= 4 is 45.3 Å². The Balaban J connectivity index is 2.88. The Morgan fingerprint density at radius 2 is 2.38 bits per heavy atom. The van der Waals surface area contributed by atoms with Crippen molar-refractivity contribution in [2.45, 2.75) is 13.3 Å². The van der Waals surface area contributed by atoms with Crippen LogP contribution in [-0.2, 0) is 0 Å². The van der Waals surface area contributed by atoms with Gasteiger partial charge in [-0.1, -0.05) is 23.9 Å². The number of hydrogen-bond donors (Lipinski definition) is 0. The van der Waals surface area contributed by atoms with Gasteiger partial charge in [0.25, 0.3) is 0 Å². The number of thiophene rings is 1. The fourth-order valence-electron chi connectivity index (χ4n) is 1.36. The van der Waals surface area contributed by atoms with E-state index < -0.39 is 0 Å². The number of ketones is 1. The molecular weight excluding hydrogens is 256 g/mol. The minimum atomic E-state index is -0.207. The van der Waals surface area contributed by atoms with Crippen molar-refractivity contribution in [3.63, 3.8) is 0 Å². The van der Waals surface area contributed by atoms with Crippen LogP contribution < -0.4 is 0 Å². The minimum Gasteiger partial charge on any atom is -0.293 e. The van der Waals surface area contributed by atoms with Crippen LogP contribution in [0.4, 0.5) is 0 Å². The summed E-state index contributed by atoms with van der Waals surface area (Å²) in [5.74, 6) is -0.0847. The van der Waals surface area contributed by atoms with Crippen LogP contribution in [0.25, 0.3) is 0 Å². The third-order valence-electron chi connectivity index (χ3n) is 2.12. The highest BCUT2D eigenvalue weighted by atomic mass is 32.2. The fraction of sp³-hybridized carbons (Fsp3) is 0.333. The number of allylic oxidation sites excluding steroid dienone is 1. The maximum absolute atomic E-state index is 12.2. The largest absolute Gasteiger partial charge is 0.293 e. The second-order valence-electron chi connectivity index (χ2n) is 3.58. The highest BCUT2D eigenvalue weighted by Crippen LogP contribution is 2.24. The van der Waals surface area contributed by atoms with Gasteiger partial charge >= 0.3 is 0 Å². The van der Waals surface area contributed by atoms with Gasteiger partial charge in [-0.25, -0.2) is 0 Å². The summed E-state index contributed by atoms with van der Waals surface area (Å²) >= 11 is 8.19. The van der Waals surface area contributed by atoms with Crippen molar-refractivity contribution in [1.29, 1.82) is 0 Å². The van der Waals surface area contributed by atoms with Gasteiger partial charge in [-0.2, -0.15) is 0 Å². The van der Waals surface area contributed by atoms with Crippen LogP contribution in [-0.4, -0.2) is 16.2 Å². The van der Waals surface area contributed by atoms with Crippen molar-refractivity contribution in [1.82, 2.24) is 0 Å². The third kappa shape index (κ3) is 3.54. The first-order chi connectivity index (χ1) is 7.56. The highest BCUT2D eigenvalue weighted by molar-refractivity contribution is 8.22. The number of carbonyl (C=O) groups excluding carboxylic acids is 1. The zero-order valence-electron chi connectivity index (χ0n) is 9.36. The smallest absolute Gasteiger partial charge is 0.181 e. The van der Waals surface area contributed by atoms with Gasteiger partial charge in [-0.15, -0.1) is 29.7 Å². The summed E-state index contributed by atoms with van der Waals surface area (Å²) < 4.78 is 0.751. The Morgan fingerprint density at radius 3 is 2.81 bits per heavy atom. The molecule has 0 spiro atoms. The van der Waals surface area contributed by atoms with Crippen molar-refractivity contribution in [2.75, 3.05) is 6.26 Å². The predicted octanol–water partition coefficient (Wildman–Crippen LogP) is 4.20. The Kier molecular flexibility index (Phi) is 5.38. The van der Waals surface area contributed by atoms with E-state index in [1.54, 1.807) is 0 Å². The van der Waals surface area contributed by atoms with Gasteiger partial charge in [0, 0.05) is 0 Å².